The summed E-state index contributed by atoms with van der Waals surface area (Å²) in [5.74, 6) is 4.42. The summed E-state index contributed by atoms with van der Waals surface area (Å²) in [6.07, 6.45) is 3.06. The minimum atomic E-state index is -0.164. The van der Waals surface area contributed by atoms with Gasteiger partial charge >= 0.3 is 0 Å². The van der Waals surface area contributed by atoms with Crippen molar-refractivity contribution in [1.29, 1.82) is 0 Å². The Morgan fingerprint density at radius 1 is 0.711 bits per heavy atom. The van der Waals surface area contributed by atoms with Gasteiger partial charge in [-0.3, -0.25) is 4.90 Å². The molecule has 3 heterocycles. The Hall–Kier alpha value is -4.08. The van der Waals surface area contributed by atoms with Gasteiger partial charge in [0.2, 0.25) is 0 Å². The lowest BCUT2D eigenvalue weighted by Gasteiger charge is -2.55. The minimum absolute atomic E-state index is 0.131. The van der Waals surface area contributed by atoms with Crippen LogP contribution in [0.25, 0.3) is 6.08 Å². The van der Waals surface area contributed by atoms with Crippen LogP contribution in [-0.2, 0) is 17.8 Å². The first kappa shape index (κ1) is 30.9. The molecule has 45 heavy (non-hydrogen) atoms. The summed E-state index contributed by atoms with van der Waals surface area (Å²) in [6.45, 7) is 5.77. The van der Waals surface area contributed by atoms with Gasteiger partial charge in [-0.1, -0.05) is 30.3 Å². The summed E-state index contributed by atoms with van der Waals surface area (Å²) in [7, 11) is 12.4. The first-order valence-electron chi connectivity index (χ1n) is 15.3. The van der Waals surface area contributed by atoms with E-state index in [1.165, 1.54) is 5.56 Å². The molecule has 3 aliphatic rings. The first-order valence-corrected chi connectivity index (χ1v) is 15.3. The van der Waals surface area contributed by atoms with Gasteiger partial charge in [-0.15, -0.1) is 0 Å². The molecular formula is C36H44N2O7. The van der Waals surface area contributed by atoms with Gasteiger partial charge in [-0.05, 0) is 39.0 Å². The second-order valence-corrected chi connectivity index (χ2v) is 11.8. The number of hydrogen-bond donors (Lipinski definition) is 0. The third kappa shape index (κ3) is 4.75. The Morgan fingerprint density at radius 3 is 1.89 bits per heavy atom. The molecule has 0 spiro atoms. The molecule has 9 nitrogen and oxygen atoms in total. The summed E-state index contributed by atoms with van der Waals surface area (Å²) in [5.41, 5.74) is 8.28. The van der Waals surface area contributed by atoms with E-state index in [1.54, 1.807) is 42.7 Å². The number of methoxy groups -OCH3 is 6. The van der Waals surface area contributed by atoms with Gasteiger partial charge in [0, 0.05) is 51.7 Å². The van der Waals surface area contributed by atoms with Gasteiger partial charge < -0.3 is 38.1 Å². The summed E-state index contributed by atoms with van der Waals surface area (Å²) in [5, 5.41) is 0. The number of likely N-dealkylation sites (N-methyl/N-ethyl adjacent to an activating group) is 1. The van der Waals surface area contributed by atoms with Gasteiger partial charge in [0.05, 0.1) is 68.0 Å². The van der Waals surface area contributed by atoms with Crippen molar-refractivity contribution >= 4 is 6.08 Å². The van der Waals surface area contributed by atoms with E-state index in [2.05, 4.69) is 35.1 Å². The second-order valence-electron chi connectivity index (χ2n) is 11.8. The molecule has 0 radical (unpaired) electrons. The Kier molecular flexibility index (Phi) is 8.50. The number of rotatable bonds is 10. The molecule has 0 N–H and O–H groups in total. The monoisotopic (exact) mass is 616 g/mol. The number of hydrogen-bond acceptors (Lipinski definition) is 9. The second kappa shape index (κ2) is 12.4. The van der Waals surface area contributed by atoms with Crippen LogP contribution >= 0.6 is 0 Å². The molecule has 3 aromatic rings. The Balaban J connectivity index is 1.59. The maximum Gasteiger partial charge on any atom is 0.167 e. The fraction of sp³-hybridized carbons (Fsp3) is 0.444. The molecule has 3 atom stereocenters. The summed E-state index contributed by atoms with van der Waals surface area (Å²) in [6, 6.07) is 10.2. The van der Waals surface area contributed by atoms with Crippen molar-refractivity contribution < 1.29 is 33.2 Å². The smallest absolute Gasteiger partial charge is 0.167 e. The van der Waals surface area contributed by atoms with E-state index in [-0.39, 0.29) is 18.1 Å². The summed E-state index contributed by atoms with van der Waals surface area (Å²) >= 11 is 0. The van der Waals surface area contributed by atoms with Crippen LogP contribution in [0.2, 0.25) is 0 Å². The van der Waals surface area contributed by atoms with E-state index >= 15 is 0 Å². The summed E-state index contributed by atoms with van der Waals surface area (Å²) in [4.78, 5) is 4.94. The highest BCUT2D eigenvalue weighted by molar-refractivity contribution is 5.77. The lowest BCUT2D eigenvalue weighted by Crippen LogP contribution is -2.57. The van der Waals surface area contributed by atoms with Crippen molar-refractivity contribution in [3.05, 3.63) is 75.0 Å². The van der Waals surface area contributed by atoms with Crippen LogP contribution in [0.4, 0.5) is 0 Å². The fourth-order valence-corrected chi connectivity index (χ4v) is 7.77. The predicted molar refractivity (Wildman–Crippen MR) is 173 cm³/mol. The molecule has 3 aliphatic heterocycles. The Morgan fingerprint density at radius 2 is 1.29 bits per heavy atom. The van der Waals surface area contributed by atoms with Gasteiger partial charge in [0.15, 0.2) is 23.0 Å². The fourth-order valence-electron chi connectivity index (χ4n) is 7.77. The van der Waals surface area contributed by atoms with Gasteiger partial charge in [-0.25, -0.2) is 0 Å². The molecule has 9 heteroatoms. The molecule has 0 aliphatic carbocycles. The van der Waals surface area contributed by atoms with Crippen LogP contribution < -0.4 is 28.4 Å². The lowest BCUT2D eigenvalue weighted by molar-refractivity contribution is 0.00715. The normalized spacial score (nSPS) is 20.0. The number of piperazine rings is 1. The molecule has 1 fully saturated rings. The Bertz CT molecular complexity index is 1620. The number of benzene rings is 3. The molecule has 3 aromatic carbocycles. The zero-order chi connectivity index (χ0) is 32.0. The van der Waals surface area contributed by atoms with Crippen molar-refractivity contribution in [3.63, 3.8) is 0 Å². The zero-order valence-corrected chi connectivity index (χ0v) is 27.8. The molecule has 0 saturated carbocycles. The molecule has 240 valence electrons. The lowest BCUT2D eigenvalue weighted by atomic mass is 9.77. The molecule has 0 aromatic heterocycles. The van der Waals surface area contributed by atoms with Crippen molar-refractivity contribution in [2.24, 2.45) is 0 Å². The van der Waals surface area contributed by atoms with E-state index in [0.29, 0.717) is 30.5 Å². The van der Waals surface area contributed by atoms with Gasteiger partial charge in [-0.2, -0.15) is 0 Å². The highest BCUT2D eigenvalue weighted by Gasteiger charge is 2.49. The Labute approximate surface area is 266 Å². The highest BCUT2D eigenvalue weighted by Crippen LogP contribution is 2.58. The van der Waals surface area contributed by atoms with Crippen LogP contribution in [0.15, 0.2) is 36.0 Å². The topological polar surface area (TPSA) is 71.1 Å². The summed E-state index contributed by atoms with van der Waals surface area (Å²) < 4.78 is 42.8. The highest BCUT2D eigenvalue weighted by atomic mass is 16.5. The van der Waals surface area contributed by atoms with Crippen LogP contribution in [0.5, 0.6) is 34.5 Å². The van der Waals surface area contributed by atoms with E-state index in [9.17, 15) is 0 Å². The van der Waals surface area contributed by atoms with E-state index in [1.807, 2.05) is 32.0 Å². The maximum atomic E-state index is 6.51. The SMILES string of the molecule is COc1c(C)c(OC)c(OC)c2c1C=C1C3c4c(c(OC)c(C)c(OC)c4OC)C[C@@H](CN1[C@H]2COCc1ccccc1)N3C. The van der Waals surface area contributed by atoms with Crippen LogP contribution in [0.1, 0.15) is 51.0 Å². The van der Waals surface area contributed by atoms with Crippen molar-refractivity contribution in [3.8, 4) is 34.5 Å². The van der Waals surface area contributed by atoms with E-state index in [4.69, 9.17) is 33.2 Å². The average Bonchev–Trinajstić information content (AvgIpc) is 3.04. The van der Waals surface area contributed by atoms with Gasteiger partial charge in [0.25, 0.3) is 0 Å². The molecule has 2 bridgehead atoms. The van der Waals surface area contributed by atoms with E-state index < -0.39 is 0 Å². The largest absolute Gasteiger partial charge is 0.496 e. The predicted octanol–water partition coefficient (Wildman–Crippen LogP) is 5.88. The number of ether oxygens (including phenoxy) is 7. The molecule has 1 saturated heterocycles. The molecule has 0 amide bonds. The van der Waals surface area contributed by atoms with Crippen molar-refractivity contribution in [2.75, 3.05) is 62.9 Å². The van der Waals surface area contributed by atoms with Crippen molar-refractivity contribution in [2.45, 2.75) is 45.0 Å². The van der Waals surface area contributed by atoms with Crippen LogP contribution in [0, 0.1) is 13.8 Å². The number of fused-ring (bicyclic) bond motifs is 7. The zero-order valence-electron chi connectivity index (χ0n) is 27.8. The average molecular weight is 617 g/mol. The molecule has 6 rings (SSSR count). The molecule has 1 unspecified atom stereocenters. The standard InChI is InChI=1S/C36H44N2O7/c1-20-31(39-4)24-15-23-17-38-26(30(37(23)3)29(24)36(44-9)34(20)42-7)16-25-28(27(38)19-45-18-22-13-11-10-12-14-22)35(43-8)33(41-6)21(2)32(25)40-5/h10-14,16,23,27,30H,15,17-19H2,1-9H3/t23-,27-,30?/m0/s1. The van der Waals surface area contributed by atoms with Crippen molar-refractivity contribution in [1.82, 2.24) is 9.80 Å². The number of nitrogens with zero attached hydrogens (tertiary/aromatic N) is 2. The maximum absolute atomic E-state index is 6.51. The first-order chi connectivity index (χ1) is 21.8. The quantitative estimate of drug-likeness (QED) is 0.278. The third-order valence-electron chi connectivity index (χ3n) is 9.73. The van der Waals surface area contributed by atoms with Crippen LogP contribution in [0.3, 0.4) is 0 Å². The van der Waals surface area contributed by atoms with Gasteiger partial charge in [0.1, 0.15) is 11.5 Å². The van der Waals surface area contributed by atoms with E-state index in [0.717, 1.165) is 69.3 Å². The van der Waals surface area contributed by atoms with Crippen LogP contribution in [-0.4, -0.2) is 78.7 Å². The third-order valence-corrected chi connectivity index (χ3v) is 9.73. The molecular weight excluding hydrogens is 572 g/mol. The minimum Gasteiger partial charge on any atom is -0.496 e.